The lowest BCUT2D eigenvalue weighted by Crippen LogP contribution is -2.31. The van der Waals surface area contributed by atoms with E-state index in [1.54, 1.807) is 4.90 Å². The van der Waals surface area contributed by atoms with Crippen LogP contribution < -0.4 is 0 Å². The number of nitriles is 1. The Balaban J connectivity index is 2.45. The fourth-order valence-corrected chi connectivity index (χ4v) is 1.54. The molecule has 1 amide bonds. The van der Waals surface area contributed by atoms with Gasteiger partial charge in [-0.15, -0.1) is 0 Å². The maximum Gasteiger partial charge on any atom is 0.409 e. The van der Waals surface area contributed by atoms with E-state index in [1.807, 2.05) is 0 Å². The molecule has 0 aliphatic carbocycles. The molecule has 0 bridgehead atoms. The van der Waals surface area contributed by atoms with E-state index in [1.165, 1.54) is 7.11 Å². The molecule has 4 heteroatoms. The average Bonchev–Trinajstić information content (AvgIpc) is 2.41. The van der Waals surface area contributed by atoms with Crippen LogP contribution >= 0.6 is 0 Å². The Kier molecular flexibility index (Phi) is 3.56. The number of ether oxygens (including phenoxy) is 1. The summed E-state index contributed by atoms with van der Waals surface area (Å²) in [4.78, 5) is 12.8. The molecule has 72 valence electrons. The van der Waals surface area contributed by atoms with E-state index in [4.69, 9.17) is 5.26 Å². The zero-order valence-corrected chi connectivity index (χ0v) is 7.82. The van der Waals surface area contributed by atoms with E-state index in [0.29, 0.717) is 13.1 Å². The van der Waals surface area contributed by atoms with E-state index in [-0.39, 0.29) is 12.0 Å². The molecule has 4 nitrogen and oxygen atoms in total. The van der Waals surface area contributed by atoms with Gasteiger partial charge in [0.15, 0.2) is 0 Å². The van der Waals surface area contributed by atoms with Crippen molar-refractivity contribution in [1.29, 1.82) is 5.26 Å². The first-order valence-electron chi connectivity index (χ1n) is 4.50. The molecule has 0 N–H and O–H groups in total. The third-order valence-corrected chi connectivity index (χ3v) is 2.34. The molecule has 1 unspecified atom stereocenters. The molecule has 0 spiro atoms. The molecule has 0 aromatic rings. The van der Waals surface area contributed by atoms with Gasteiger partial charge in [0, 0.05) is 19.0 Å². The molecule has 1 saturated heterocycles. The molecule has 0 aromatic heterocycles. The van der Waals surface area contributed by atoms with Crippen LogP contribution in [0.3, 0.4) is 0 Å². The molecule has 0 radical (unpaired) electrons. The highest BCUT2D eigenvalue weighted by molar-refractivity contribution is 5.67. The summed E-state index contributed by atoms with van der Waals surface area (Å²) in [5.74, 6) is 0.106. The van der Waals surface area contributed by atoms with Crippen molar-refractivity contribution in [2.45, 2.75) is 19.3 Å². The summed E-state index contributed by atoms with van der Waals surface area (Å²) in [6.07, 6.45) is 2.28. The van der Waals surface area contributed by atoms with Gasteiger partial charge in [-0.1, -0.05) is 0 Å². The first-order valence-corrected chi connectivity index (χ1v) is 4.50. The topological polar surface area (TPSA) is 53.3 Å². The second-order valence-corrected chi connectivity index (χ2v) is 3.21. The van der Waals surface area contributed by atoms with Crippen LogP contribution in [0.1, 0.15) is 19.3 Å². The number of hydrogen-bond acceptors (Lipinski definition) is 3. The molecule has 0 saturated carbocycles. The van der Waals surface area contributed by atoms with Gasteiger partial charge < -0.3 is 9.64 Å². The largest absolute Gasteiger partial charge is 0.453 e. The van der Waals surface area contributed by atoms with Crippen LogP contribution in [0.2, 0.25) is 0 Å². The summed E-state index contributed by atoms with van der Waals surface area (Å²) in [6, 6.07) is 2.24. The first-order chi connectivity index (χ1) is 6.27. The van der Waals surface area contributed by atoms with Crippen LogP contribution in [0.5, 0.6) is 0 Å². The highest BCUT2D eigenvalue weighted by atomic mass is 16.5. The Morgan fingerprint density at radius 3 is 2.92 bits per heavy atom. The van der Waals surface area contributed by atoms with Gasteiger partial charge in [-0.05, 0) is 19.3 Å². The molecule has 1 fully saturated rings. The minimum Gasteiger partial charge on any atom is -0.453 e. The molecule has 1 aliphatic heterocycles. The number of amides is 1. The number of likely N-dealkylation sites (tertiary alicyclic amines) is 1. The lowest BCUT2D eigenvalue weighted by atomic mass is 10.0. The Morgan fingerprint density at radius 2 is 2.31 bits per heavy atom. The van der Waals surface area contributed by atoms with E-state index < -0.39 is 0 Å². The van der Waals surface area contributed by atoms with Gasteiger partial charge in [0.25, 0.3) is 0 Å². The molecule has 1 rings (SSSR count). The maximum absolute atomic E-state index is 11.1. The molecule has 1 atom stereocenters. The molecule has 1 heterocycles. The number of carbonyl (C=O) groups is 1. The van der Waals surface area contributed by atoms with E-state index in [2.05, 4.69) is 10.8 Å². The smallest absolute Gasteiger partial charge is 0.409 e. The summed E-state index contributed by atoms with van der Waals surface area (Å²) in [7, 11) is 1.38. The minimum absolute atomic E-state index is 0.106. The number of methoxy groups -OCH3 is 1. The normalized spacial score (nSPS) is 23.1. The summed E-state index contributed by atoms with van der Waals surface area (Å²) in [5, 5.41) is 8.71. The summed E-state index contributed by atoms with van der Waals surface area (Å²) in [5.41, 5.74) is 0. The van der Waals surface area contributed by atoms with E-state index in [9.17, 15) is 4.79 Å². The van der Waals surface area contributed by atoms with Crippen molar-refractivity contribution in [2.75, 3.05) is 20.2 Å². The summed E-state index contributed by atoms with van der Waals surface area (Å²) in [6.45, 7) is 1.36. The third-order valence-electron chi connectivity index (χ3n) is 2.34. The second-order valence-electron chi connectivity index (χ2n) is 3.21. The molecule has 0 aromatic carbocycles. The van der Waals surface area contributed by atoms with Crippen molar-refractivity contribution in [1.82, 2.24) is 4.90 Å². The lowest BCUT2D eigenvalue weighted by molar-refractivity contribution is 0.125. The standard InChI is InChI=1S/C9H14N2O2/c1-13-9(12)11-5-2-3-8(7-10)4-6-11/h8H,2-6H2,1H3. The number of nitrogens with zero attached hydrogens (tertiary/aromatic N) is 2. The Bertz CT molecular complexity index is 222. The van der Waals surface area contributed by atoms with Crippen LogP contribution in [-0.2, 0) is 4.74 Å². The van der Waals surface area contributed by atoms with Crippen molar-refractivity contribution < 1.29 is 9.53 Å². The first kappa shape index (κ1) is 9.85. The summed E-state index contributed by atoms with van der Waals surface area (Å²) >= 11 is 0. The van der Waals surface area contributed by atoms with Gasteiger partial charge in [0.05, 0.1) is 13.2 Å². The van der Waals surface area contributed by atoms with Crippen molar-refractivity contribution in [3.05, 3.63) is 0 Å². The fraction of sp³-hybridized carbons (Fsp3) is 0.778. The van der Waals surface area contributed by atoms with Crippen LogP contribution in [0.15, 0.2) is 0 Å². The van der Waals surface area contributed by atoms with Crippen molar-refractivity contribution in [3.63, 3.8) is 0 Å². The van der Waals surface area contributed by atoms with Crippen molar-refractivity contribution in [3.8, 4) is 6.07 Å². The van der Waals surface area contributed by atoms with E-state index >= 15 is 0 Å². The Hall–Kier alpha value is -1.24. The Labute approximate surface area is 78.1 Å². The number of rotatable bonds is 0. The number of hydrogen-bond donors (Lipinski definition) is 0. The molecule has 1 aliphatic rings. The quantitative estimate of drug-likeness (QED) is 0.568. The summed E-state index contributed by atoms with van der Waals surface area (Å²) < 4.78 is 4.62. The van der Waals surface area contributed by atoms with Gasteiger partial charge in [-0.3, -0.25) is 0 Å². The fourth-order valence-electron chi connectivity index (χ4n) is 1.54. The zero-order chi connectivity index (χ0) is 9.68. The highest BCUT2D eigenvalue weighted by Gasteiger charge is 2.20. The highest BCUT2D eigenvalue weighted by Crippen LogP contribution is 2.16. The Morgan fingerprint density at radius 1 is 1.54 bits per heavy atom. The molecular weight excluding hydrogens is 168 g/mol. The second kappa shape index (κ2) is 4.70. The zero-order valence-electron chi connectivity index (χ0n) is 7.82. The van der Waals surface area contributed by atoms with Crippen molar-refractivity contribution >= 4 is 6.09 Å². The van der Waals surface area contributed by atoms with E-state index in [0.717, 1.165) is 19.3 Å². The lowest BCUT2D eigenvalue weighted by Gasteiger charge is -2.17. The maximum atomic E-state index is 11.1. The van der Waals surface area contributed by atoms with Gasteiger partial charge in [0.1, 0.15) is 0 Å². The van der Waals surface area contributed by atoms with Crippen LogP contribution in [0, 0.1) is 17.2 Å². The molecular formula is C9H14N2O2. The average molecular weight is 182 g/mol. The van der Waals surface area contributed by atoms with Gasteiger partial charge in [0.2, 0.25) is 0 Å². The molecule has 13 heavy (non-hydrogen) atoms. The van der Waals surface area contributed by atoms with Gasteiger partial charge in [-0.25, -0.2) is 4.79 Å². The third kappa shape index (κ3) is 2.62. The van der Waals surface area contributed by atoms with Gasteiger partial charge >= 0.3 is 6.09 Å². The predicted octanol–water partition coefficient (Wildman–Crippen LogP) is 1.38. The minimum atomic E-state index is -0.279. The van der Waals surface area contributed by atoms with Crippen molar-refractivity contribution in [2.24, 2.45) is 5.92 Å². The van der Waals surface area contributed by atoms with Crippen LogP contribution in [-0.4, -0.2) is 31.2 Å². The SMILES string of the molecule is COC(=O)N1CCCC(C#N)CC1. The number of carbonyl (C=O) groups excluding carboxylic acids is 1. The van der Waals surface area contributed by atoms with Gasteiger partial charge in [-0.2, -0.15) is 5.26 Å². The predicted molar refractivity (Wildman–Crippen MR) is 46.9 cm³/mol. The monoisotopic (exact) mass is 182 g/mol. The van der Waals surface area contributed by atoms with Crippen LogP contribution in [0.25, 0.3) is 0 Å². The van der Waals surface area contributed by atoms with Crippen LogP contribution in [0.4, 0.5) is 4.79 Å².